The zero-order valence-corrected chi connectivity index (χ0v) is 8.58. The standard InChI is InChI=1S/C8H12.C3H6O2/c1-4-6-7-8(3)5-2;1-2-3(4)5/h4-7H,2H2,1,3H3;2H2,1H3,(H,4,5)/b6-4-,8-7-;. The van der Waals surface area contributed by atoms with E-state index in [0.29, 0.717) is 0 Å². The molecule has 0 saturated heterocycles. The molecule has 74 valence electrons. The van der Waals surface area contributed by atoms with Gasteiger partial charge in [-0.1, -0.05) is 43.4 Å². The smallest absolute Gasteiger partial charge is 0.303 e. The van der Waals surface area contributed by atoms with Gasteiger partial charge in [0.05, 0.1) is 0 Å². The summed E-state index contributed by atoms with van der Waals surface area (Å²) in [5, 5.41) is 7.72. The molecule has 0 atom stereocenters. The van der Waals surface area contributed by atoms with E-state index in [1.807, 2.05) is 38.2 Å². The highest BCUT2D eigenvalue weighted by atomic mass is 16.4. The molecule has 0 amide bonds. The first-order valence-corrected chi connectivity index (χ1v) is 4.22. The van der Waals surface area contributed by atoms with Gasteiger partial charge in [-0.05, 0) is 13.8 Å². The molecule has 2 heteroatoms. The van der Waals surface area contributed by atoms with Crippen LogP contribution in [0.15, 0.2) is 36.5 Å². The van der Waals surface area contributed by atoms with Crippen LogP contribution in [0.2, 0.25) is 0 Å². The third kappa shape index (κ3) is 18.0. The summed E-state index contributed by atoms with van der Waals surface area (Å²) in [6.07, 6.45) is 8.07. The van der Waals surface area contributed by atoms with Crippen molar-refractivity contribution in [2.75, 3.05) is 0 Å². The van der Waals surface area contributed by atoms with E-state index in [9.17, 15) is 4.79 Å². The fraction of sp³-hybridized carbons (Fsp3) is 0.364. The fourth-order valence-corrected chi connectivity index (χ4v) is 0.316. The molecule has 0 rings (SSSR count). The molecule has 0 unspecified atom stereocenters. The summed E-state index contributed by atoms with van der Waals surface area (Å²) in [5.41, 5.74) is 1.20. The second kappa shape index (κ2) is 10.7. The first-order valence-electron chi connectivity index (χ1n) is 4.22. The van der Waals surface area contributed by atoms with Gasteiger partial charge in [-0.2, -0.15) is 0 Å². The predicted octanol–water partition coefficient (Wildman–Crippen LogP) is 3.18. The Morgan fingerprint density at radius 2 is 2.00 bits per heavy atom. The van der Waals surface area contributed by atoms with Crippen molar-refractivity contribution < 1.29 is 9.90 Å². The molecular formula is C11H18O2. The third-order valence-electron chi connectivity index (χ3n) is 1.18. The Morgan fingerprint density at radius 3 is 2.23 bits per heavy atom. The lowest BCUT2D eigenvalue weighted by Gasteiger charge is -1.81. The minimum Gasteiger partial charge on any atom is -0.481 e. The van der Waals surface area contributed by atoms with Crippen molar-refractivity contribution in [1.29, 1.82) is 0 Å². The van der Waals surface area contributed by atoms with Crippen LogP contribution in [0.4, 0.5) is 0 Å². The Morgan fingerprint density at radius 1 is 1.54 bits per heavy atom. The van der Waals surface area contributed by atoms with Crippen LogP contribution in [0.3, 0.4) is 0 Å². The van der Waals surface area contributed by atoms with E-state index < -0.39 is 5.97 Å². The summed E-state index contributed by atoms with van der Waals surface area (Å²) in [6, 6.07) is 0. The van der Waals surface area contributed by atoms with Crippen molar-refractivity contribution in [2.45, 2.75) is 27.2 Å². The number of carbonyl (C=O) groups is 1. The summed E-state index contributed by atoms with van der Waals surface area (Å²) < 4.78 is 0. The maximum Gasteiger partial charge on any atom is 0.303 e. The molecule has 0 aliphatic carbocycles. The van der Waals surface area contributed by atoms with E-state index in [4.69, 9.17) is 5.11 Å². The molecule has 0 heterocycles. The van der Waals surface area contributed by atoms with Crippen LogP contribution < -0.4 is 0 Å². The van der Waals surface area contributed by atoms with Crippen molar-refractivity contribution in [3.63, 3.8) is 0 Å². The second-order valence-corrected chi connectivity index (χ2v) is 2.39. The lowest BCUT2D eigenvalue weighted by atomic mass is 10.3. The highest BCUT2D eigenvalue weighted by Gasteiger charge is 1.80. The molecule has 13 heavy (non-hydrogen) atoms. The van der Waals surface area contributed by atoms with Crippen LogP contribution in [-0.2, 0) is 4.79 Å². The molecule has 1 N–H and O–H groups in total. The van der Waals surface area contributed by atoms with Gasteiger partial charge in [0.25, 0.3) is 0 Å². The molecule has 0 aromatic rings. The summed E-state index contributed by atoms with van der Waals surface area (Å²) >= 11 is 0. The van der Waals surface area contributed by atoms with Crippen LogP contribution in [0.1, 0.15) is 27.2 Å². The lowest BCUT2D eigenvalue weighted by Crippen LogP contribution is -1.86. The van der Waals surface area contributed by atoms with Crippen LogP contribution in [0.25, 0.3) is 0 Å². The largest absolute Gasteiger partial charge is 0.481 e. The number of carboxylic acid groups (broad SMARTS) is 1. The van der Waals surface area contributed by atoms with Gasteiger partial charge >= 0.3 is 5.97 Å². The van der Waals surface area contributed by atoms with Crippen LogP contribution in [-0.4, -0.2) is 11.1 Å². The maximum absolute atomic E-state index is 9.37. The van der Waals surface area contributed by atoms with Gasteiger partial charge < -0.3 is 5.11 Å². The number of carboxylic acids is 1. The average molecular weight is 182 g/mol. The Balaban J connectivity index is 0. The number of aliphatic carboxylic acids is 1. The normalized spacial score (nSPS) is 10.5. The molecule has 0 aliphatic heterocycles. The van der Waals surface area contributed by atoms with Crippen molar-refractivity contribution in [2.24, 2.45) is 0 Å². The first-order chi connectivity index (χ1) is 6.08. The van der Waals surface area contributed by atoms with E-state index >= 15 is 0 Å². The van der Waals surface area contributed by atoms with E-state index in [0.717, 1.165) is 0 Å². The Hall–Kier alpha value is -1.31. The Labute approximate surface area is 80.3 Å². The molecule has 0 bridgehead atoms. The topological polar surface area (TPSA) is 37.3 Å². The minimum absolute atomic E-state index is 0.222. The van der Waals surface area contributed by atoms with Crippen LogP contribution in [0.5, 0.6) is 0 Å². The van der Waals surface area contributed by atoms with E-state index in [1.54, 1.807) is 6.92 Å². The molecule has 0 spiro atoms. The highest BCUT2D eigenvalue weighted by molar-refractivity contribution is 5.66. The van der Waals surface area contributed by atoms with Gasteiger partial charge in [0, 0.05) is 6.42 Å². The highest BCUT2D eigenvalue weighted by Crippen LogP contribution is 1.91. The van der Waals surface area contributed by atoms with Crippen molar-refractivity contribution in [3.05, 3.63) is 36.5 Å². The second-order valence-electron chi connectivity index (χ2n) is 2.39. The fourth-order valence-electron chi connectivity index (χ4n) is 0.316. The summed E-state index contributed by atoms with van der Waals surface area (Å²) in [7, 11) is 0. The summed E-state index contributed by atoms with van der Waals surface area (Å²) in [5.74, 6) is -0.745. The first kappa shape index (κ1) is 14.2. The number of rotatable bonds is 3. The van der Waals surface area contributed by atoms with Gasteiger partial charge in [-0.3, -0.25) is 4.79 Å². The summed E-state index contributed by atoms with van der Waals surface area (Å²) in [6.45, 7) is 9.22. The lowest BCUT2D eigenvalue weighted by molar-refractivity contribution is -0.136. The summed E-state index contributed by atoms with van der Waals surface area (Å²) in [4.78, 5) is 9.37. The zero-order chi connectivity index (χ0) is 10.7. The number of hydrogen-bond acceptors (Lipinski definition) is 1. The van der Waals surface area contributed by atoms with Crippen molar-refractivity contribution in [3.8, 4) is 0 Å². The van der Waals surface area contributed by atoms with Gasteiger partial charge in [0.2, 0.25) is 0 Å². The van der Waals surface area contributed by atoms with E-state index in [-0.39, 0.29) is 6.42 Å². The molecular weight excluding hydrogens is 164 g/mol. The van der Waals surface area contributed by atoms with Crippen molar-refractivity contribution in [1.82, 2.24) is 0 Å². The average Bonchev–Trinajstić information content (AvgIpc) is 2.15. The Kier molecular flexibility index (Phi) is 11.7. The molecule has 0 aromatic heterocycles. The van der Waals surface area contributed by atoms with E-state index in [1.165, 1.54) is 5.57 Å². The predicted molar refractivity (Wildman–Crippen MR) is 56.7 cm³/mol. The third-order valence-corrected chi connectivity index (χ3v) is 1.18. The number of hydrogen-bond donors (Lipinski definition) is 1. The van der Waals surface area contributed by atoms with Crippen LogP contribution >= 0.6 is 0 Å². The monoisotopic (exact) mass is 182 g/mol. The molecule has 0 aliphatic rings. The maximum atomic E-state index is 9.37. The van der Waals surface area contributed by atoms with Gasteiger partial charge in [0.15, 0.2) is 0 Å². The minimum atomic E-state index is -0.745. The molecule has 2 nitrogen and oxygen atoms in total. The van der Waals surface area contributed by atoms with Crippen LogP contribution in [0, 0.1) is 0 Å². The molecule has 0 saturated carbocycles. The molecule has 0 fully saturated rings. The van der Waals surface area contributed by atoms with Gasteiger partial charge in [0.1, 0.15) is 0 Å². The zero-order valence-electron chi connectivity index (χ0n) is 8.58. The van der Waals surface area contributed by atoms with Gasteiger partial charge in [-0.25, -0.2) is 0 Å². The van der Waals surface area contributed by atoms with E-state index in [2.05, 4.69) is 6.58 Å². The Bertz CT molecular complexity index is 200. The van der Waals surface area contributed by atoms with Gasteiger partial charge in [-0.15, -0.1) is 0 Å². The van der Waals surface area contributed by atoms with Crippen molar-refractivity contribution >= 4 is 5.97 Å². The SMILES string of the molecule is C=C/C(C)=C\C=C/C.CCC(=O)O. The number of allylic oxidation sites excluding steroid dienone is 5. The molecule has 0 aromatic carbocycles. The quantitative estimate of drug-likeness (QED) is 0.681. The molecule has 0 radical (unpaired) electrons.